The molecule has 2 saturated heterocycles. The van der Waals surface area contributed by atoms with Crippen LogP contribution in [0.4, 0.5) is 4.39 Å². The van der Waals surface area contributed by atoms with Crippen molar-refractivity contribution >= 4 is 17.4 Å². The number of carbonyl (C=O) groups is 1. The summed E-state index contributed by atoms with van der Waals surface area (Å²) in [5, 5.41) is 2.08. The van der Waals surface area contributed by atoms with Crippen molar-refractivity contribution in [2.45, 2.75) is 19.0 Å². The zero-order chi connectivity index (χ0) is 18.8. The molecule has 0 bridgehead atoms. The van der Waals surface area contributed by atoms with Crippen LogP contribution in [0.25, 0.3) is 0 Å². The lowest BCUT2D eigenvalue weighted by Gasteiger charge is -2.30. The quantitative estimate of drug-likeness (QED) is 0.762. The second kappa shape index (κ2) is 8.04. The van der Waals surface area contributed by atoms with Crippen molar-refractivity contribution in [2.24, 2.45) is 11.8 Å². The average molecular weight is 389 g/mol. The lowest BCUT2D eigenvalue weighted by Crippen LogP contribution is -2.36. The molecule has 4 rings (SSSR count). The van der Waals surface area contributed by atoms with E-state index in [9.17, 15) is 9.18 Å². The first kappa shape index (κ1) is 18.5. The number of methoxy groups -OCH3 is 1. The number of rotatable bonds is 6. The molecule has 2 aromatic rings. The Morgan fingerprint density at radius 2 is 2.26 bits per heavy atom. The standard InChI is InChI=1S/C20H24FN3O2S/c1-26-6-5-19(25)24-11-16-10-23(9-14-8-22-27-13-14)12-18(16)20(24)15-3-2-4-17(21)7-15/h2-4,7-8,13,16,18,20H,5-6,9-12H2,1H3/t16-,18-,20+/m0/s1. The van der Waals surface area contributed by atoms with Gasteiger partial charge in [-0.3, -0.25) is 9.69 Å². The van der Waals surface area contributed by atoms with E-state index in [0.717, 1.165) is 31.7 Å². The largest absolute Gasteiger partial charge is 0.384 e. The summed E-state index contributed by atoms with van der Waals surface area (Å²) in [5.41, 5.74) is 2.13. The summed E-state index contributed by atoms with van der Waals surface area (Å²) in [5.74, 6) is 0.579. The SMILES string of the molecule is COCCC(=O)N1C[C@@H]2CN(Cc3cnsc3)C[C@@H]2[C@H]1c1cccc(F)c1. The Kier molecular flexibility index (Phi) is 5.52. The third-order valence-corrected chi connectivity index (χ3v) is 6.30. The predicted molar refractivity (Wildman–Crippen MR) is 102 cm³/mol. The van der Waals surface area contributed by atoms with Crippen LogP contribution in [0.2, 0.25) is 0 Å². The summed E-state index contributed by atoms with van der Waals surface area (Å²) in [4.78, 5) is 17.2. The molecule has 0 aliphatic carbocycles. The monoisotopic (exact) mass is 389 g/mol. The van der Waals surface area contributed by atoms with Crippen LogP contribution in [0, 0.1) is 17.7 Å². The van der Waals surface area contributed by atoms with E-state index in [2.05, 4.69) is 14.7 Å². The van der Waals surface area contributed by atoms with Gasteiger partial charge in [0.25, 0.3) is 0 Å². The van der Waals surface area contributed by atoms with E-state index >= 15 is 0 Å². The lowest BCUT2D eigenvalue weighted by molar-refractivity contribution is -0.133. The van der Waals surface area contributed by atoms with E-state index in [1.165, 1.54) is 23.2 Å². The van der Waals surface area contributed by atoms with Crippen LogP contribution in [0.3, 0.4) is 0 Å². The highest BCUT2D eigenvalue weighted by molar-refractivity contribution is 7.03. The Labute approximate surface area is 162 Å². The summed E-state index contributed by atoms with van der Waals surface area (Å²) < 4.78 is 23.1. The van der Waals surface area contributed by atoms with Gasteiger partial charge in [-0.25, -0.2) is 8.76 Å². The number of nitrogens with zero attached hydrogens (tertiary/aromatic N) is 3. The fourth-order valence-corrected chi connectivity index (χ4v) is 5.06. The van der Waals surface area contributed by atoms with Crippen LogP contribution in [0.1, 0.15) is 23.6 Å². The molecule has 2 aliphatic heterocycles. The Morgan fingerprint density at radius 3 is 3.00 bits per heavy atom. The van der Waals surface area contributed by atoms with Crippen LogP contribution in [0.15, 0.2) is 35.8 Å². The van der Waals surface area contributed by atoms with Crippen molar-refractivity contribution in [2.75, 3.05) is 33.4 Å². The molecule has 2 aliphatic rings. The van der Waals surface area contributed by atoms with Crippen molar-refractivity contribution in [3.63, 3.8) is 0 Å². The number of ether oxygens (including phenoxy) is 1. The molecule has 0 saturated carbocycles. The molecule has 144 valence electrons. The van der Waals surface area contributed by atoms with E-state index in [1.54, 1.807) is 19.2 Å². The van der Waals surface area contributed by atoms with Gasteiger partial charge in [0.1, 0.15) is 5.82 Å². The highest BCUT2D eigenvalue weighted by atomic mass is 32.1. The van der Waals surface area contributed by atoms with Crippen molar-refractivity contribution in [1.29, 1.82) is 0 Å². The first-order chi connectivity index (χ1) is 13.2. The van der Waals surface area contributed by atoms with Gasteiger partial charge in [0.05, 0.1) is 19.1 Å². The maximum absolute atomic E-state index is 13.9. The smallest absolute Gasteiger partial charge is 0.225 e. The molecule has 1 amide bonds. The van der Waals surface area contributed by atoms with Crippen LogP contribution < -0.4 is 0 Å². The van der Waals surface area contributed by atoms with Crippen molar-refractivity contribution < 1.29 is 13.9 Å². The number of hydrogen-bond donors (Lipinski definition) is 0. The molecule has 3 heterocycles. The minimum Gasteiger partial charge on any atom is -0.384 e. The van der Waals surface area contributed by atoms with Crippen LogP contribution in [0.5, 0.6) is 0 Å². The van der Waals surface area contributed by atoms with E-state index in [4.69, 9.17) is 4.74 Å². The van der Waals surface area contributed by atoms with Gasteiger partial charge in [0.2, 0.25) is 5.91 Å². The van der Waals surface area contributed by atoms with Crippen LogP contribution in [-0.4, -0.2) is 53.4 Å². The van der Waals surface area contributed by atoms with Crippen molar-refractivity contribution in [1.82, 2.24) is 14.2 Å². The normalized spacial score (nSPS) is 25.1. The molecule has 2 fully saturated rings. The maximum atomic E-state index is 13.9. The number of hydrogen-bond acceptors (Lipinski definition) is 5. The Balaban J connectivity index is 1.55. The molecule has 0 unspecified atom stereocenters. The number of benzene rings is 1. The molecule has 0 spiro atoms. The zero-order valence-electron chi connectivity index (χ0n) is 15.4. The van der Waals surface area contributed by atoms with Crippen molar-refractivity contribution in [3.05, 3.63) is 52.8 Å². The van der Waals surface area contributed by atoms with Gasteiger partial charge in [-0.15, -0.1) is 0 Å². The summed E-state index contributed by atoms with van der Waals surface area (Å²) >= 11 is 1.47. The van der Waals surface area contributed by atoms with E-state index in [-0.39, 0.29) is 17.8 Å². The third kappa shape index (κ3) is 3.90. The third-order valence-electron chi connectivity index (χ3n) is 5.66. The molecule has 0 N–H and O–H groups in total. The van der Waals surface area contributed by atoms with E-state index < -0.39 is 0 Å². The second-order valence-electron chi connectivity index (χ2n) is 7.44. The molecule has 0 radical (unpaired) electrons. The molecular formula is C20H24FN3O2S. The molecule has 3 atom stereocenters. The first-order valence-corrected chi connectivity index (χ1v) is 10.1. The Morgan fingerprint density at radius 1 is 1.37 bits per heavy atom. The summed E-state index contributed by atoms with van der Waals surface area (Å²) in [6.07, 6.45) is 2.29. The molecule has 1 aromatic heterocycles. The van der Waals surface area contributed by atoms with Gasteiger partial charge >= 0.3 is 0 Å². The molecular weight excluding hydrogens is 365 g/mol. The fraction of sp³-hybridized carbons (Fsp3) is 0.500. The van der Waals surface area contributed by atoms with Gasteiger partial charge in [-0.2, -0.15) is 0 Å². The molecule has 7 heteroatoms. The minimum atomic E-state index is -0.251. The van der Waals surface area contributed by atoms with Gasteiger partial charge in [-0.1, -0.05) is 12.1 Å². The second-order valence-corrected chi connectivity index (χ2v) is 8.10. The van der Waals surface area contributed by atoms with Crippen LogP contribution >= 0.6 is 11.5 Å². The van der Waals surface area contributed by atoms with E-state index in [0.29, 0.717) is 24.9 Å². The first-order valence-electron chi connectivity index (χ1n) is 9.30. The highest BCUT2D eigenvalue weighted by Crippen LogP contribution is 2.45. The van der Waals surface area contributed by atoms with Gasteiger partial charge < -0.3 is 9.64 Å². The predicted octanol–water partition coefficient (Wildman–Crippen LogP) is 2.95. The summed E-state index contributed by atoms with van der Waals surface area (Å²) in [6, 6.07) is 6.64. The Bertz CT molecular complexity index is 785. The zero-order valence-corrected chi connectivity index (χ0v) is 16.2. The molecule has 1 aromatic carbocycles. The van der Waals surface area contributed by atoms with Gasteiger partial charge in [0.15, 0.2) is 0 Å². The summed E-state index contributed by atoms with van der Waals surface area (Å²) in [6.45, 7) is 3.90. The fourth-order valence-electron chi connectivity index (χ4n) is 4.54. The number of amides is 1. The minimum absolute atomic E-state index is 0.0688. The van der Waals surface area contributed by atoms with Crippen LogP contribution in [-0.2, 0) is 16.1 Å². The maximum Gasteiger partial charge on any atom is 0.225 e. The summed E-state index contributed by atoms with van der Waals surface area (Å²) in [7, 11) is 1.60. The van der Waals surface area contributed by atoms with E-state index in [1.807, 2.05) is 17.2 Å². The molecule has 5 nitrogen and oxygen atoms in total. The van der Waals surface area contributed by atoms with Crippen molar-refractivity contribution in [3.8, 4) is 0 Å². The number of fused-ring (bicyclic) bond motifs is 1. The lowest BCUT2D eigenvalue weighted by atomic mass is 9.89. The average Bonchev–Trinajstić information content (AvgIpc) is 3.36. The van der Waals surface area contributed by atoms with Gasteiger partial charge in [0, 0.05) is 50.8 Å². The number of carbonyl (C=O) groups excluding carboxylic acids is 1. The van der Waals surface area contributed by atoms with Gasteiger partial charge in [-0.05, 0) is 40.7 Å². The highest BCUT2D eigenvalue weighted by Gasteiger charge is 2.48. The molecule has 27 heavy (non-hydrogen) atoms. The number of likely N-dealkylation sites (tertiary alicyclic amines) is 2. The topological polar surface area (TPSA) is 45.7 Å². The Hall–Kier alpha value is -1.83. The number of aromatic nitrogens is 1. The number of halogens is 1.